The van der Waals surface area contributed by atoms with Crippen LogP contribution in [0, 0.1) is 6.92 Å². The van der Waals surface area contributed by atoms with Crippen molar-refractivity contribution in [2.45, 2.75) is 12.8 Å². The van der Waals surface area contributed by atoms with E-state index < -0.39 is 0 Å². The second kappa shape index (κ2) is 4.33. The van der Waals surface area contributed by atoms with E-state index in [1.807, 2.05) is 25.1 Å². The van der Waals surface area contributed by atoms with E-state index in [-0.39, 0.29) is 5.88 Å². The van der Waals surface area contributed by atoms with Gasteiger partial charge in [0.2, 0.25) is 11.8 Å². The lowest BCUT2D eigenvalue weighted by Crippen LogP contribution is -1.80. The average molecular weight is 288 g/mol. The van der Waals surface area contributed by atoms with Crippen LogP contribution in [0.1, 0.15) is 11.5 Å². The van der Waals surface area contributed by atoms with Gasteiger partial charge < -0.3 is 4.42 Å². The second-order valence-corrected chi connectivity index (χ2v) is 4.22. The van der Waals surface area contributed by atoms with Crippen molar-refractivity contribution in [3.8, 4) is 11.5 Å². The van der Waals surface area contributed by atoms with Gasteiger partial charge in [-0.15, -0.1) is 21.8 Å². The van der Waals surface area contributed by atoms with Crippen LogP contribution in [0.5, 0.6) is 0 Å². The molecule has 2 rings (SSSR count). The molecule has 1 heterocycles. The summed E-state index contributed by atoms with van der Waals surface area (Å²) in [6, 6.07) is 5.87. The van der Waals surface area contributed by atoms with Crippen molar-refractivity contribution in [1.82, 2.24) is 10.2 Å². The molecule has 0 N–H and O–H groups in total. The minimum Gasteiger partial charge on any atom is -0.419 e. The van der Waals surface area contributed by atoms with Gasteiger partial charge in [0.15, 0.2) is 0 Å². The number of alkyl halides is 1. The number of aryl methyl sites for hydroxylation is 1. The molecule has 0 aliphatic rings. The third-order valence-corrected chi connectivity index (χ3v) is 3.08. The maximum Gasteiger partial charge on any atom is 0.247 e. The molecule has 0 spiro atoms. The van der Waals surface area contributed by atoms with E-state index in [9.17, 15) is 0 Å². The standard InChI is InChI=1S/C10H8BrClN2O/c1-6-2-3-7(4-8(6)11)10-14-13-9(5-12)15-10/h2-4H,5H2,1H3. The van der Waals surface area contributed by atoms with Gasteiger partial charge in [0.25, 0.3) is 0 Å². The molecule has 0 saturated carbocycles. The lowest BCUT2D eigenvalue weighted by Gasteiger charge is -1.99. The van der Waals surface area contributed by atoms with Crippen LogP contribution < -0.4 is 0 Å². The number of hydrogen-bond acceptors (Lipinski definition) is 3. The Morgan fingerprint density at radius 3 is 2.80 bits per heavy atom. The largest absolute Gasteiger partial charge is 0.419 e. The van der Waals surface area contributed by atoms with Gasteiger partial charge in [-0.3, -0.25) is 0 Å². The number of rotatable bonds is 2. The first-order valence-corrected chi connectivity index (χ1v) is 5.68. The Kier molecular flexibility index (Phi) is 3.07. The Morgan fingerprint density at radius 2 is 2.20 bits per heavy atom. The van der Waals surface area contributed by atoms with Gasteiger partial charge in [0.1, 0.15) is 5.88 Å². The van der Waals surface area contributed by atoms with Gasteiger partial charge in [0.05, 0.1) is 0 Å². The normalized spacial score (nSPS) is 10.6. The van der Waals surface area contributed by atoms with E-state index in [1.165, 1.54) is 0 Å². The Balaban J connectivity index is 2.40. The van der Waals surface area contributed by atoms with Gasteiger partial charge in [0, 0.05) is 10.0 Å². The van der Waals surface area contributed by atoms with Crippen molar-refractivity contribution in [2.24, 2.45) is 0 Å². The Bertz CT molecular complexity index is 484. The first-order chi connectivity index (χ1) is 7.20. The molecule has 0 aliphatic heterocycles. The zero-order valence-corrected chi connectivity index (χ0v) is 10.3. The summed E-state index contributed by atoms with van der Waals surface area (Å²) >= 11 is 9.03. The molecule has 0 bridgehead atoms. The van der Waals surface area contributed by atoms with Gasteiger partial charge >= 0.3 is 0 Å². The fourth-order valence-corrected chi connectivity index (χ4v) is 1.64. The van der Waals surface area contributed by atoms with E-state index >= 15 is 0 Å². The molecule has 5 heteroatoms. The van der Waals surface area contributed by atoms with Gasteiger partial charge in [-0.1, -0.05) is 22.0 Å². The van der Waals surface area contributed by atoms with Crippen molar-refractivity contribution >= 4 is 27.5 Å². The van der Waals surface area contributed by atoms with E-state index in [1.54, 1.807) is 0 Å². The van der Waals surface area contributed by atoms with Crippen molar-refractivity contribution in [3.63, 3.8) is 0 Å². The number of hydrogen-bond donors (Lipinski definition) is 0. The molecule has 0 fully saturated rings. The van der Waals surface area contributed by atoms with E-state index in [4.69, 9.17) is 16.0 Å². The highest BCUT2D eigenvalue weighted by atomic mass is 79.9. The highest BCUT2D eigenvalue weighted by molar-refractivity contribution is 9.10. The number of benzene rings is 1. The molecule has 1 aromatic carbocycles. The Hall–Kier alpha value is -0.870. The van der Waals surface area contributed by atoms with Crippen LogP contribution in [0.4, 0.5) is 0 Å². The monoisotopic (exact) mass is 286 g/mol. The molecule has 1 aromatic heterocycles. The SMILES string of the molecule is Cc1ccc(-c2nnc(CCl)o2)cc1Br. The van der Waals surface area contributed by atoms with Gasteiger partial charge in [-0.05, 0) is 24.6 Å². The van der Waals surface area contributed by atoms with Crippen molar-refractivity contribution < 1.29 is 4.42 Å². The topological polar surface area (TPSA) is 38.9 Å². The second-order valence-electron chi connectivity index (χ2n) is 3.10. The van der Waals surface area contributed by atoms with Gasteiger partial charge in [-0.25, -0.2) is 0 Å². The maximum absolute atomic E-state index is 5.58. The number of nitrogens with zero attached hydrogens (tertiary/aromatic N) is 2. The highest BCUT2D eigenvalue weighted by Crippen LogP contribution is 2.24. The fraction of sp³-hybridized carbons (Fsp3) is 0.200. The summed E-state index contributed by atoms with van der Waals surface area (Å²) in [6.45, 7) is 2.02. The van der Waals surface area contributed by atoms with Crippen LogP contribution in [-0.4, -0.2) is 10.2 Å². The molecule has 0 aliphatic carbocycles. The van der Waals surface area contributed by atoms with Crippen molar-refractivity contribution in [2.75, 3.05) is 0 Å². The van der Waals surface area contributed by atoms with E-state index in [0.29, 0.717) is 11.8 Å². The molecule has 78 valence electrons. The summed E-state index contributed by atoms with van der Waals surface area (Å²) in [7, 11) is 0. The van der Waals surface area contributed by atoms with Gasteiger partial charge in [-0.2, -0.15) is 0 Å². The minimum atomic E-state index is 0.236. The quantitative estimate of drug-likeness (QED) is 0.793. The predicted molar refractivity (Wildman–Crippen MR) is 61.7 cm³/mol. The molecule has 0 atom stereocenters. The molecule has 0 unspecified atom stereocenters. The van der Waals surface area contributed by atoms with Crippen LogP contribution >= 0.6 is 27.5 Å². The van der Waals surface area contributed by atoms with Crippen LogP contribution in [0.25, 0.3) is 11.5 Å². The highest BCUT2D eigenvalue weighted by Gasteiger charge is 2.08. The zero-order valence-electron chi connectivity index (χ0n) is 8.00. The van der Waals surface area contributed by atoms with Crippen LogP contribution in [-0.2, 0) is 5.88 Å². The molecule has 0 radical (unpaired) electrons. The summed E-state index contributed by atoms with van der Waals surface area (Å²) in [6.07, 6.45) is 0. The lowest BCUT2D eigenvalue weighted by molar-refractivity contribution is 0.527. The van der Waals surface area contributed by atoms with Crippen LogP contribution in [0.2, 0.25) is 0 Å². The van der Waals surface area contributed by atoms with E-state index in [2.05, 4.69) is 26.1 Å². The number of halogens is 2. The van der Waals surface area contributed by atoms with Crippen molar-refractivity contribution in [1.29, 1.82) is 0 Å². The van der Waals surface area contributed by atoms with E-state index in [0.717, 1.165) is 15.6 Å². The average Bonchev–Trinajstić information content (AvgIpc) is 2.70. The molecular weight excluding hydrogens is 279 g/mol. The summed E-state index contributed by atoms with van der Waals surface area (Å²) in [4.78, 5) is 0. The summed E-state index contributed by atoms with van der Waals surface area (Å²) in [5, 5.41) is 7.71. The first kappa shape index (κ1) is 10.6. The third kappa shape index (κ3) is 2.21. The minimum absolute atomic E-state index is 0.236. The van der Waals surface area contributed by atoms with Crippen LogP contribution in [0.15, 0.2) is 27.1 Å². The molecular formula is C10H8BrClN2O. The summed E-state index contributed by atoms with van der Waals surface area (Å²) in [5.41, 5.74) is 2.05. The maximum atomic E-state index is 5.58. The lowest BCUT2D eigenvalue weighted by atomic mass is 10.1. The smallest absolute Gasteiger partial charge is 0.247 e. The fourth-order valence-electron chi connectivity index (χ4n) is 1.15. The first-order valence-electron chi connectivity index (χ1n) is 4.35. The molecule has 0 amide bonds. The Labute approximate surface area is 101 Å². The summed E-state index contributed by atoms with van der Waals surface area (Å²) in [5.74, 6) is 1.16. The summed E-state index contributed by atoms with van der Waals surface area (Å²) < 4.78 is 6.36. The molecule has 2 aromatic rings. The third-order valence-electron chi connectivity index (χ3n) is 2.00. The zero-order chi connectivity index (χ0) is 10.8. The Morgan fingerprint density at radius 1 is 1.40 bits per heavy atom. The molecule has 3 nitrogen and oxygen atoms in total. The van der Waals surface area contributed by atoms with Crippen molar-refractivity contribution in [3.05, 3.63) is 34.1 Å². The predicted octanol–water partition coefficient (Wildman–Crippen LogP) is 3.55. The molecule has 15 heavy (non-hydrogen) atoms. The number of aromatic nitrogens is 2. The van der Waals surface area contributed by atoms with Crippen LogP contribution in [0.3, 0.4) is 0 Å². The molecule has 0 saturated heterocycles.